The molecule has 3 fully saturated rings. The molecule has 3 aliphatic heterocycles. The lowest BCUT2D eigenvalue weighted by Crippen LogP contribution is -2.57. The van der Waals surface area contributed by atoms with Crippen molar-refractivity contribution in [2.45, 2.75) is 30.3 Å². The van der Waals surface area contributed by atoms with Gasteiger partial charge in [-0.1, -0.05) is 0 Å². The van der Waals surface area contributed by atoms with Gasteiger partial charge in [-0.05, 0) is 45.0 Å². The number of hydrogen-bond acceptors (Lipinski definition) is 5. The quantitative estimate of drug-likeness (QED) is 0.845. The Kier molecular flexibility index (Phi) is 4.14. The van der Waals surface area contributed by atoms with Gasteiger partial charge in [0.25, 0.3) is 0 Å². The molecule has 4 heterocycles. The minimum atomic E-state index is -3.37. The van der Waals surface area contributed by atoms with Gasteiger partial charge in [0.1, 0.15) is 0 Å². The second-order valence-corrected chi connectivity index (χ2v) is 8.35. The minimum Gasteiger partial charge on any atom is -0.315 e. The molecule has 20 heavy (non-hydrogen) atoms. The summed E-state index contributed by atoms with van der Waals surface area (Å²) in [4.78, 5) is 3.80. The summed E-state index contributed by atoms with van der Waals surface area (Å²) in [5, 5.41) is 4.77. The van der Waals surface area contributed by atoms with Crippen molar-refractivity contribution < 1.29 is 8.42 Å². The Bertz CT molecular complexity index is 562. The summed E-state index contributed by atoms with van der Waals surface area (Å²) < 4.78 is 27.8. The van der Waals surface area contributed by atoms with Crippen molar-refractivity contribution in [1.29, 1.82) is 0 Å². The molecule has 0 saturated carbocycles. The maximum atomic E-state index is 12.5. The van der Waals surface area contributed by atoms with Crippen LogP contribution in [0, 0.1) is 5.92 Å². The van der Waals surface area contributed by atoms with Crippen molar-refractivity contribution >= 4 is 21.4 Å². The number of nitrogens with one attached hydrogen (secondary N) is 2. The Balaban J connectivity index is 1.71. The van der Waals surface area contributed by atoms with Crippen LogP contribution in [-0.2, 0) is 16.6 Å². The van der Waals surface area contributed by atoms with Crippen molar-refractivity contribution in [3.05, 3.63) is 16.3 Å². The first-order chi connectivity index (χ1) is 9.58. The molecule has 2 N–H and O–H groups in total. The monoisotopic (exact) mass is 315 g/mol. The minimum absolute atomic E-state index is 0.0788. The molecule has 0 radical (unpaired) electrons. The smallest absolute Gasteiger partial charge is 0.241 e. The molecule has 0 aliphatic carbocycles. The first kappa shape index (κ1) is 14.5. The zero-order valence-corrected chi connectivity index (χ0v) is 13.3. The standard InChI is InChI=1S/C13H21N3O2S2/c1-14-7-11-6-12(9-19-11)20(17,18)15-13-8-16-4-2-10(13)3-5-16/h6,9-10,13-15H,2-5,7-8H2,1H3. The highest BCUT2D eigenvalue weighted by molar-refractivity contribution is 7.89. The third kappa shape index (κ3) is 2.92. The first-order valence-electron chi connectivity index (χ1n) is 7.05. The summed E-state index contributed by atoms with van der Waals surface area (Å²) in [6, 6.07) is 1.85. The molecule has 2 bridgehead atoms. The van der Waals surface area contributed by atoms with Crippen LogP contribution in [0.4, 0.5) is 0 Å². The summed E-state index contributed by atoms with van der Waals surface area (Å²) in [5.41, 5.74) is 0. The predicted octanol–water partition coefficient (Wildman–Crippen LogP) is 0.840. The van der Waals surface area contributed by atoms with Gasteiger partial charge in [0.05, 0.1) is 4.90 Å². The largest absolute Gasteiger partial charge is 0.315 e. The Morgan fingerprint density at radius 3 is 2.75 bits per heavy atom. The van der Waals surface area contributed by atoms with Crippen LogP contribution in [0.2, 0.25) is 0 Å². The molecule has 1 aromatic heterocycles. The molecule has 112 valence electrons. The lowest BCUT2D eigenvalue weighted by atomic mass is 9.85. The molecule has 5 nitrogen and oxygen atoms in total. The van der Waals surface area contributed by atoms with Crippen LogP contribution in [0.25, 0.3) is 0 Å². The number of sulfonamides is 1. The lowest BCUT2D eigenvalue weighted by Gasteiger charge is -2.44. The topological polar surface area (TPSA) is 61.4 Å². The molecule has 3 aliphatic rings. The van der Waals surface area contributed by atoms with Crippen molar-refractivity contribution in [1.82, 2.24) is 14.9 Å². The molecule has 0 amide bonds. The maximum Gasteiger partial charge on any atom is 0.241 e. The second-order valence-electron chi connectivity index (χ2n) is 5.64. The van der Waals surface area contributed by atoms with Gasteiger partial charge in [-0.3, -0.25) is 0 Å². The number of nitrogens with zero attached hydrogens (tertiary/aromatic N) is 1. The molecule has 1 aromatic rings. The van der Waals surface area contributed by atoms with Crippen molar-refractivity contribution in [3.63, 3.8) is 0 Å². The third-order valence-corrected chi connectivity index (χ3v) is 6.81. The Morgan fingerprint density at radius 1 is 1.40 bits per heavy atom. The van der Waals surface area contributed by atoms with Crippen molar-refractivity contribution in [2.24, 2.45) is 5.92 Å². The van der Waals surface area contributed by atoms with Gasteiger partial charge in [-0.25, -0.2) is 13.1 Å². The van der Waals surface area contributed by atoms with Crippen LogP contribution in [-0.4, -0.2) is 46.0 Å². The van der Waals surface area contributed by atoms with E-state index >= 15 is 0 Å². The van der Waals surface area contributed by atoms with E-state index in [1.54, 1.807) is 11.4 Å². The van der Waals surface area contributed by atoms with Crippen LogP contribution in [0.1, 0.15) is 17.7 Å². The molecule has 0 spiro atoms. The highest BCUT2D eigenvalue weighted by atomic mass is 32.2. The second kappa shape index (κ2) is 5.73. The van der Waals surface area contributed by atoms with E-state index in [9.17, 15) is 8.42 Å². The van der Waals surface area contributed by atoms with Gasteiger partial charge in [0.2, 0.25) is 10.0 Å². The number of hydrogen-bond donors (Lipinski definition) is 2. The van der Waals surface area contributed by atoms with E-state index in [2.05, 4.69) is 14.9 Å². The summed E-state index contributed by atoms with van der Waals surface area (Å²) in [6.45, 7) is 3.80. The van der Waals surface area contributed by atoms with E-state index in [0.29, 0.717) is 17.4 Å². The van der Waals surface area contributed by atoms with Gasteiger partial charge < -0.3 is 10.2 Å². The molecule has 1 unspecified atom stereocenters. The maximum absolute atomic E-state index is 12.5. The van der Waals surface area contributed by atoms with Gasteiger partial charge in [-0.15, -0.1) is 11.3 Å². The van der Waals surface area contributed by atoms with Crippen LogP contribution in [0.5, 0.6) is 0 Å². The summed E-state index contributed by atoms with van der Waals surface area (Å²) in [5.74, 6) is 0.505. The van der Waals surface area contributed by atoms with Crippen molar-refractivity contribution in [2.75, 3.05) is 26.7 Å². The van der Waals surface area contributed by atoms with E-state index in [4.69, 9.17) is 0 Å². The van der Waals surface area contributed by atoms with E-state index < -0.39 is 10.0 Å². The van der Waals surface area contributed by atoms with Gasteiger partial charge >= 0.3 is 0 Å². The highest BCUT2D eigenvalue weighted by Gasteiger charge is 2.36. The molecule has 0 aromatic carbocycles. The van der Waals surface area contributed by atoms with Crippen molar-refractivity contribution in [3.8, 4) is 0 Å². The first-order valence-corrected chi connectivity index (χ1v) is 9.41. The normalized spacial score (nSPS) is 29.8. The average Bonchev–Trinajstić information content (AvgIpc) is 2.90. The Hall–Kier alpha value is -0.470. The molecule has 1 atom stereocenters. The van der Waals surface area contributed by atoms with Gasteiger partial charge in [0.15, 0.2) is 0 Å². The number of fused-ring (bicyclic) bond motifs is 3. The van der Waals surface area contributed by atoms with E-state index in [0.717, 1.165) is 37.4 Å². The highest BCUT2D eigenvalue weighted by Crippen LogP contribution is 2.29. The number of piperidine rings is 3. The fourth-order valence-corrected chi connectivity index (χ4v) is 5.72. The lowest BCUT2D eigenvalue weighted by molar-refractivity contribution is 0.0827. The fraction of sp³-hybridized carbons (Fsp3) is 0.692. The Morgan fingerprint density at radius 2 is 2.15 bits per heavy atom. The molecule has 4 rings (SSSR count). The van der Waals surface area contributed by atoms with Gasteiger partial charge in [0, 0.05) is 29.4 Å². The molecule has 7 heteroatoms. The molecule has 3 saturated heterocycles. The van der Waals surface area contributed by atoms with Crippen LogP contribution < -0.4 is 10.0 Å². The molecular formula is C13H21N3O2S2. The van der Waals surface area contributed by atoms with E-state index in [-0.39, 0.29) is 6.04 Å². The third-order valence-electron chi connectivity index (χ3n) is 4.25. The Labute approximate surface area is 124 Å². The summed E-state index contributed by atoms with van der Waals surface area (Å²) in [6.07, 6.45) is 2.23. The zero-order valence-electron chi connectivity index (χ0n) is 11.6. The van der Waals surface area contributed by atoms with E-state index in [1.165, 1.54) is 11.3 Å². The van der Waals surface area contributed by atoms with Crippen LogP contribution in [0.3, 0.4) is 0 Å². The van der Waals surface area contributed by atoms with E-state index in [1.807, 2.05) is 7.05 Å². The number of rotatable bonds is 5. The summed E-state index contributed by atoms with van der Waals surface area (Å²) in [7, 11) is -1.51. The SMILES string of the molecule is CNCc1cc(S(=O)(=O)NC2CN3CCC2CC3)cs1. The fourth-order valence-electron chi connectivity index (χ4n) is 3.13. The van der Waals surface area contributed by atoms with Crippen LogP contribution in [0.15, 0.2) is 16.3 Å². The molecular weight excluding hydrogens is 294 g/mol. The summed E-state index contributed by atoms with van der Waals surface area (Å²) >= 11 is 1.49. The predicted molar refractivity (Wildman–Crippen MR) is 80.4 cm³/mol. The van der Waals surface area contributed by atoms with Crippen LogP contribution >= 0.6 is 11.3 Å². The van der Waals surface area contributed by atoms with Gasteiger partial charge in [-0.2, -0.15) is 0 Å². The average molecular weight is 315 g/mol. The number of thiophene rings is 1. The zero-order chi connectivity index (χ0) is 14.2.